The van der Waals surface area contributed by atoms with Crippen molar-refractivity contribution in [1.29, 1.82) is 0 Å². The summed E-state index contributed by atoms with van der Waals surface area (Å²) in [5.41, 5.74) is 4.95. The number of aromatic nitrogens is 1. The van der Waals surface area contributed by atoms with Crippen LogP contribution in [-0.4, -0.2) is 22.2 Å². The van der Waals surface area contributed by atoms with E-state index in [1.54, 1.807) is 33.1 Å². The van der Waals surface area contributed by atoms with Crippen LogP contribution in [-0.2, 0) is 4.79 Å². The van der Waals surface area contributed by atoms with E-state index < -0.39 is 11.0 Å². The number of thiazole rings is 1. The van der Waals surface area contributed by atoms with Crippen molar-refractivity contribution in [3.63, 3.8) is 0 Å². The summed E-state index contributed by atoms with van der Waals surface area (Å²) in [5, 5.41) is 4.74. The number of carbonyl (C=O) groups is 2. The Morgan fingerprint density at radius 2 is 1.89 bits per heavy atom. The highest BCUT2D eigenvalue weighted by Gasteiger charge is 2.40. The molecule has 0 saturated carbocycles. The van der Waals surface area contributed by atoms with Gasteiger partial charge in [-0.25, -0.2) is 4.98 Å². The second-order valence-electron chi connectivity index (χ2n) is 5.39. The molecular formula is C12H19N3O2S. The van der Waals surface area contributed by atoms with Gasteiger partial charge in [-0.2, -0.15) is 0 Å². The monoisotopic (exact) mass is 269 g/mol. The quantitative estimate of drug-likeness (QED) is 0.819. The maximum Gasteiger partial charge on any atom is 0.233 e. The fourth-order valence-electron chi connectivity index (χ4n) is 1.04. The molecule has 0 aliphatic carbocycles. The molecule has 6 heteroatoms. The molecule has 0 aliphatic heterocycles. The first-order valence-corrected chi connectivity index (χ1v) is 6.50. The van der Waals surface area contributed by atoms with Gasteiger partial charge in [-0.3, -0.25) is 9.59 Å². The van der Waals surface area contributed by atoms with Crippen LogP contribution < -0.4 is 11.1 Å². The van der Waals surface area contributed by atoms with E-state index in [-0.39, 0.29) is 11.7 Å². The summed E-state index contributed by atoms with van der Waals surface area (Å²) in [6.45, 7) is 8.60. The summed E-state index contributed by atoms with van der Waals surface area (Å²) < 4.78 is 0. The molecule has 18 heavy (non-hydrogen) atoms. The van der Waals surface area contributed by atoms with Crippen LogP contribution in [0.2, 0.25) is 0 Å². The molecule has 100 valence electrons. The number of rotatable bonds is 4. The van der Waals surface area contributed by atoms with E-state index in [2.05, 4.69) is 10.3 Å². The molecule has 0 aromatic carbocycles. The smallest absolute Gasteiger partial charge is 0.233 e. The SMILES string of the molecule is CC(=O)c1csc(NC(=O)C(C)(C)C(C)(C)N)n1. The zero-order chi connectivity index (χ0) is 14.1. The van der Waals surface area contributed by atoms with Gasteiger partial charge in [-0.15, -0.1) is 11.3 Å². The first-order valence-electron chi connectivity index (χ1n) is 5.62. The molecule has 5 nitrogen and oxygen atoms in total. The Balaban J connectivity index is 2.85. The van der Waals surface area contributed by atoms with Crippen molar-refractivity contribution >= 4 is 28.2 Å². The Labute approximate surface area is 111 Å². The third kappa shape index (κ3) is 2.94. The highest BCUT2D eigenvalue weighted by atomic mass is 32.1. The summed E-state index contributed by atoms with van der Waals surface area (Å²) >= 11 is 1.23. The minimum atomic E-state index is -0.741. The van der Waals surface area contributed by atoms with Gasteiger partial charge < -0.3 is 11.1 Å². The molecule has 1 aromatic heterocycles. The van der Waals surface area contributed by atoms with E-state index in [0.29, 0.717) is 10.8 Å². The Hall–Kier alpha value is -1.27. The van der Waals surface area contributed by atoms with Gasteiger partial charge >= 0.3 is 0 Å². The lowest BCUT2D eigenvalue weighted by Gasteiger charge is -2.36. The maximum atomic E-state index is 12.2. The lowest BCUT2D eigenvalue weighted by atomic mass is 9.74. The number of carbonyl (C=O) groups excluding carboxylic acids is 2. The van der Waals surface area contributed by atoms with Gasteiger partial charge in [0, 0.05) is 17.8 Å². The minimum Gasteiger partial charge on any atom is -0.325 e. The number of nitrogens with zero attached hydrogens (tertiary/aromatic N) is 1. The summed E-state index contributed by atoms with van der Waals surface area (Å²) in [7, 11) is 0. The van der Waals surface area contributed by atoms with Crippen LogP contribution in [0.1, 0.15) is 45.1 Å². The number of hydrogen-bond acceptors (Lipinski definition) is 5. The second kappa shape index (κ2) is 4.78. The molecule has 0 atom stereocenters. The molecule has 0 fully saturated rings. The topological polar surface area (TPSA) is 85.1 Å². The van der Waals surface area contributed by atoms with Gasteiger partial charge in [0.25, 0.3) is 0 Å². The van der Waals surface area contributed by atoms with E-state index in [0.717, 1.165) is 0 Å². The van der Waals surface area contributed by atoms with Gasteiger partial charge in [0.2, 0.25) is 5.91 Å². The minimum absolute atomic E-state index is 0.120. The van der Waals surface area contributed by atoms with Gasteiger partial charge in [-0.05, 0) is 27.7 Å². The largest absolute Gasteiger partial charge is 0.325 e. The average molecular weight is 269 g/mol. The van der Waals surface area contributed by atoms with Crippen LogP contribution in [0.25, 0.3) is 0 Å². The molecule has 0 saturated heterocycles. The number of nitrogens with one attached hydrogen (secondary N) is 1. The Bertz CT molecular complexity index is 472. The van der Waals surface area contributed by atoms with Crippen LogP contribution in [0.4, 0.5) is 5.13 Å². The van der Waals surface area contributed by atoms with Crippen molar-refractivity contribution in [3.8, 4) is 0 Å². The molecule has 1 amide bonds. The number of nitrogens with two attached hydrogens (primary N) is 1. The number of amides is 1. The lowest BCUT2D eigenvalue weighted by molar-refractivity contribution is -0.126. The van der Waals surface area contributed by atoms with Gasteiger partial charge in [0.1, 0.15) is 5.69 Å². The number of hydrogen-bond donors (Lipinski definition) is 2. The maximum absolute atomic E-state index is 12.2. The number of anilines is 1. The van der Waals surface area contributed by atoms with Crippen LogP contribution in [0.5, 0.6) is 0 Å². The van der Waals surface area contributed by atoms with Crippen molar-refractivity contribution in [3.05, 3.63) is 11.1 Å². The van der Waals surface area contributed by atoms with Crippen molar-refractivity contribution in [1.82, 2.24) is 4.98 Å². The third-order valence-electron chi connectivity index (χ3n) is 3.26. The van der Waals surface area contributed by atoms with Gasteiger partial charge in [0.15, 0.2) is 10.9 Å². The van der Waals surface area contributed by atoms with Crippen LogP contribution in [0.3, 0.4) is 0 Å². The first kappa shape index (κ1) is 14.8. The van der Waals surface area contributed by atoms with E-state index in [9.17, 15) is 9.59 Å². The third-order valence-corrected chi connectivity index (χ3v) is 4.02. The van der Waals surface area contributed by atoms with Crippen molar-refractivity contribution in [2.75, 3.05) is 5.32 Å². The Kier molecular flexibility index (Phi) is 3.92. The number of ketones is 1. The fraction of sp³-hybridized carbons (Fsp3) is 0.583. The molecule has 1 heterocycles. The summed E-state index contributed by atoms with van der Waals surface area (Å²) in [6, 6.07) is 0. The van der Waals surface area contributed by atoms with Crippen molar-refractivity contribution < 1.29 is 9.59 Å². The molecule has 3 N–H and O–H groups in total. The highest BCUT2D eigenvalue weighted by Crippen LogP contribution is 2.30. The standard InChI is InChI=1S/C12H19N3O2S/c1-7(16)8-6-18-10(14-8)15-9(17)11(2,3)12(4,5)13/h6H,13H2,1-5H3,(H,14,15,17). The van der Waals surface area contributed by atoms with E-state index >= 15 is 0 Å². The average Bonchev–Trinajstić information content (AvgIpc) is 2.64. The highest BCUT2D eigenvalue weighted by molar-refractivity contribution is 7.14. The molecule has 0 radical (unpaired) electrons. The molecule has 0 bridgehead atoms. The predicted octanol–water partition coefficient (Wildman–Crippen LogP) is 2.05. The Morgan fingerprint density at radius 3 is 2.28 bits per heavy atom. The lowest BCUT2D eigenvalue weighted by Crippen LogP contribution is -2.53. The summed E-state index contributed by atoms with van der Waals surface area (Å²) in [4.78, 5) is 27.3. The molecule has 1 aromatic rings. The van der Waals surface area contributed by atoms with Gasteiger partial charge in [0.05, 0.1) is 5.41 Å². The van der Waals surface area contributed by atoms with Crippen LogP contribution in [0, 0.1) is 5.41 Å². The van der Waals surface area contributed by atoms with Crippen LogP contribution in [0.15, 0.2) is 5.38 Å². The number of Topliss-reactive ketones (excluding diaryl/α,β-unsaturated/α-hetero) is 1. The fourth-order valence-corrected chi connectivity index (χ4v) is 1.78. The van der Waals surface area contributed by atoms with E-state index in [1.807, 2.05) is 0 Å². The molecule has 1 rings (SSSR count). The molecule has 0 aliphatic rings. The van der Waals surface area contributed by atoms with E-state index in [4.69, 9.17) is 5.73 Å². The van der Waals surface area contributed by atoms with Crippen molar-refractivity contribution in [2.24, 2.45) is 11.1 Å². The van der Waals surface area contributed by atoms with Gasteiger partial charge in [-0.1, -0.05) is 0 Å². The van der Waals surface area contributed by atoms with E-state index in [1.165, 1.54) is 18.3 Å². The second-order valence-corrected chi connectivity index (χ2v) is 6.25. The zero-order valence-electron chi connectivity index (χ0n) is 11.3. The molecular weight excluding hydrogens is 250 g/mol. The molecule has 0 unspecified atom stereocenters. The zero-order valence-corrected chi connectivity index (χ0v) is 12.1. The van der Waals surface area contributed by atoms with Crippen LogP contribution >= 0.6 is 11.3 Å². The van der Waals surface area contributed by atoms with Crippen molar-refractivity contribution in [2.45, 2.75) is 40.2 Å². The summed E-state index contributed by atoms with van der Waals surface area (Å²) in [5.74, 6) is -0.329. The summed E-state index contributed by atoms with van der Waals surface area (Å²) in [6.07, 6.45) is 0. The first-order chi connectivity index (χ1) is 8.05. The normalized spacial score (nSPS) is 12.3. The molecule has 0 spiro atoms. The predicted molar refractivity (Wildman–Crippen MR) is 72.8 cm³/mol. The Morgan fingerprint density at radius 1 is 1.33 bits per heavy atom.